The second-order valence-corrected chi connectivity index (χ2v) is 6.94. The van der Waals surface area contributed by atoms with Gasteiger partial charge in [0, 0.05) is 25.1 Å². The quantitative estimate of drug-likeness (QED) is 0.852. The van der Waals surface area contributed by atoms with Crippen LogP contribution in [0.2, 0.25) is 0 Å². The number of carbonyl (C=O) groups excluding carboxylic acids is 2. The van der Waals surface area contributed by atoms with E-state index in [1.165, 1.54) is 0 Å². The number of para-hydroxylation sites is 1. The molecule has 0 radical (unpaired) electrons. The number of benzene rings is 2. The van der Waals surface area contributed by atoms with Gasteiger partial charge in [-0.15, -0.1) is 0 Å². The molecule has 28 heavy (non-hydrogen) atoms. The second kappa shape index (κ2) is 7.80. The van der Waals surface area contributed by atoms with Crippen molar-refractivity contribution in [2.75, 3.05) is 20.3 Å². The van der Waals surface area contributed by atoms with Crippen LogP contribution in [0.25, 0.3) is 0 Å². The van der Waals surface area contributed by atoms with E-state index in [0.29, 0.717) is 26.1 Å². The van der Waals surface area contributed by atoms with E-state index in [1.807, 2.05) is 42.5 Å². The third-order valence-electron chi connectivity index (χ3n) is 5.12. The predicted octanol–water partition coefficient (Wildman–Crippen LogP) is 2.36. The molecule has 0 aromatic heterocycles. The molecular weight excluding hydrogens is 358 g/mol. The van der Waals surface area contributed by atoms with Crippen molar-refractivity contribution in [2.24, 2.45) is 0 Å². The first-order chi connectivity index (χ1) is 13.6. The van der Waals surface area contributed by atoms with Crippen molar-refractivity contribution in [2.45, 2.75) is 25.6 Å². The van der Waals surface area contributed by atoms with E-state index in [9.17, 15) is 9.59 Å². The van der Waals surface area contributed by atoms with Gasteiger partial charge in [0.2, 0.25) is 5.91 Å². The number of amides is 3. The molecule has 2 aromatic rings. The van der Waals surface area contributed by atoms with Crippen LogP contribution < -0.4 is 20.1 Å². The van der Waals surface area contributed by atoms with Gasteiger partial charge >= 0.3 is 6.03 Å². The molecule has 2 aromatic carbocycles. The molecule has 0 saturated heterocycles. The number of ether oxygens (including phenoxy) is 2. The van der Waals surface area contributed by atoms with Crippen LogP contribution in [0.5, 0.6) is 11.5 Å². The van der Waals surface area contributed by atoms with Crippen LogP contribution in [0.3, 0.4) is 0 Å². The first kappa shape index (κ1) is 18.2. The third kappa shape index (κ3) is 3.74. The predicted molar refractivity (Wildman–Crippen MR) is 103 cm³/mol. The summed E-state index contributed by atoms with van der Waals surface area (Å²) in [6.07, 6.45) is 0.708. The van der Waals surface area contributed by atoms with Crippen molar-refractivity contribution in [3.05, 3.63) is 59.2 Å². The number of methoxy groups -OCH3 is 1. The number of hydrogen-bond donors (Lipinski definition) is 2. The first-order valence-electron chi connectivity index (χ1n) is 9.33. The summed E-state index contributed by atoms with van der Waals surface area (Å²) < 4.78 is 10.8. The summed E-state index contributed by atoms with van der Waals surface area (Å²) in [4.78, 5) is 26.5. The van der Waals surface area contributed by atoms with Crippen LogP contribution in [0.1, 0.15) is 29.2 Å². The molecule has 146 valence electrons. The van der Waals surface area contributed by atoms with E-state index in [1.54, 1.807) is 12.0 Å². The summed E-state index contributed by atoms with van der Waals surface area (Å²) in [5.74, 6) is 1.36. The number of fused-ring (bicyclic) bond motifs is 2. The fourth-order valence-electron chi connectivity index (χ4n) is 3.65. The Morgan fingerprint density at radius 2 is 2.00 bits per heavy atom. The highest BCUT2D eigenvalue weighted by Gasteiger charge is 2.25. The summed E-state index contributed by atoms with van der Waals surface area (Å²) in [6.45, 7) is 1.53. The van der Waals surface area contributed by atoms with Gasteiger partial charge in [-0.25, -0.2) is 4.79 Å². The Morgan fingerprint density at radius 1 is 1.18 bits per heavy atom. The zero-order chi connectivity index (χ0) is 19.5. The summed E-state index contributed by atoms with van der Waals surface area (Å²) in [7, 11) is 1.62. The van der Waals surface area contributed by atoms with Gasteiger partial charge in [-0.3, -0.25) is 4.79 Å². The highest BCUT2D eigenvalue weighted by atomic mass is 16.5. The molecule has 0 aliphatic carbocycles. The maximum Gasteiger partial charge on any atom is 0.318 e. The monoisotopic (exact) mass is 381 g/mol. The molecule has 2 aliphatic heterocycles. The third-order valence-corrected chi connectivity index (χ3v) is 5.12. The van der Waals surface area contributed by atoms with Gasteiger partial charge in [-0.2, -0.15) is 0 Å². The summed E-state index contributed by atoms with van der Waals surface area (Å²) >= 11 is 0. The van der Waals surface area contributed by atoms with E-state index in [2.05, 4.69) is 10.6 Å². The van der Waals surface area contributed by atoms with Crippen molar-refractivity contribution >= 4 is 11.9 Å². The van der Waals surface area contributed by atoms with E-state index in [-0.39, 0.29) is 24.5 Å². The fraction of sp³-hybridized carbons (Fsp3) is 0.333. The zero-order valence-corrected chi connectivity index (χ0v) is 15.7. The van der Waals surface area contributed by atoms with Gasteiger partial charge in [-0.1, -0.05) is 24.3 Å². The first-order valence-corrected chi connectivity index (χ1v) is 9.33. The van der Waals surface area contributed by atoms with E-state index < -0.39 is 0 Å². The highest BCUT2D eigenvalue weighted by Crippen LogP contribution is 2.31. The average molecular weight is 381 g/mol. The minimum atomic E-state index is -0.252. The number of hydrogen-bond acceptors (Lipinski definition) is 4. The number of urea groups is 1. The molecule has 1 unspecified atom stereocenters. The topological polar surface area (TPSA) is 79.9 Å². The Kier molecular flexibility index (Phi) is 5.06. The molecule has 4 rings (SSSR count). The molecule has 7 nitrogen and oxygen atoms in total. The zero-order valence-electron chi connectivity index (χ0n) is 15.7. The highest BCUT2D eigenvalue weighted by molar-refractivity contribution is 5.84. The number of carbonyl (C=O) groups is 2. The molecule has 2 heterocycles. The Balaban J connectivity index is 1.29. The largest absolute Gasteiger partial charge is 0.497 e. The van der Waals surface area contributed by atoms with Crippen LogP contribution in [-0.4, -0.2) is 37.1 Å². The van der Waals surface area contributed by atoms with Gasteiger partial charge < -0.3 is 25.0 Å². The minimum absolute atomic E-state index is 0.0610. The fourth-order valence-corrected chi connectivity index (χ4v) is 3.65. The Bertz CT molecular complexity index is 899. The molecule has 0 spiro atoms. The standard InChI is InChI=1S/C21H23N3O4/c1-27-16-7-6-14-12-24(13-15(14)10-16)21(26)22-11-20(25)23-18-8-9-28-19-5-3-2-4-17(18)19/h2-7,10,18H,8-9,11-13H2,1H3,(H,22,26)(H,23,25). The van der Waals surface area contributed by atoms with E-state index in [4.69, 9.17) is 9.47 Å². The molecular formula is C21H23N3O4. The minimum Gasteiger partial charge on any atom is -0.497 e. The lowest BCUT2D eigenvalue weighted by Gasteiger charge is -2.26. The molecule has 1 atom stereocenters. The lowest BCUT2D eigenvalue weighted by atomic mass is 10.0. The van der Waals surface area contributed by atoms with Crippen molar-refractivity contribution in [1.29, 1.82) is 0 Å². The smallest absolute Gasteiger partial charge is 0.318 e. The van der Waals surface area contributed by atoms with Crippen LogP contribution in [0, 0.1) is 0 Å². The maximum absolute atomic E-state index is 12.4. The maximum atomic E-state index is 12.4. The van der Waals surface area contributed by atoms with Crippen molar-refractivity contribution in [3.8, 4) is 11.5 Å². The lowest BCUT2D eigenvalue weighted by Crippen LogP contribution is -2.43. The normalized spacial score (nSPS) is 17.2. The summed E-state index contributed by atoms with van der Waals surface area (Å²) in [6, 6.07) is 13.1. The van der Waals surface area contributed by atoms with Crippen LogP contribution in [0.4, 0.5) is 4.79 Å². The van der Waals surface area contributed by atoms with E-state index in [0.717, 1.165) is 28.2 Å². The van der Waals surface area contributed by atoms with Gasteiger partial charge in [0.05, 0.1) is 26.3 Å². The number of nitrogens with zero attached hydrogens (tertiary/aromatic N) is 1. The number of rotatable bonds is 4. The molecule has 7 heteroatoms. The summed E-state index contributed by atoms with van der Waals surface area (Å²) in [5.41, 5.74) is 3.13. The Labute approximate surface area is 163 Å². The molecule has 0 bridgehead atoms. The Hall–Kier alpha value is -3.22. The van der Waals surface area contributed by atoms with E-state index >= 15 is 0 Å². The SMILES string of the molecule is COc1ccc2c(c1)CN(C(=O)NCC(=O)NC1CCOc3ccccc31)C2. The summed E-state index contributed by atoms with van der Waals surface area (Å²) in [5, 5.41) is 5.70. The molecule has 2 N–H and O–H groups in total. The molecule has 2 aliphatic rings. The van der Waals surface area contributed by atoms with Crippen LogP contribution >= 0.6 is 0 Å². The molecule has 0 saturated carbocycles. The molecule has 3 amide bonds. The van der Waals surface area contributed by atoms with Crippen molar-refractivity contribution in [1.82, 2.24) is 15.5 Å². The van der Waals surface area contributed by atoms with Crippen LogP contribution in [-0.2, 0) is 17.9 Å². The van der Waals surface area contributed by atoms with Crippen LogP contribution in [0.15, 0.2) is 42.5 Å². The van der Waals surface area contributed by atoms with Gasteiger partial charge in [0.1, 0.15) is 11.5 Å². The second-order valence-electron chi connectivity index (χ2n) is 6.94. The van der Waals surface area contributed by atoms with Gasteiger partial charge in [-0.05, 0) is 29.3 Å². The van der Waals surface area contributed by atoms with Gasteiger partial charge in [0.25, 0.3) is 0 Å². The lowest BCUT2D eigenvalue weighted by molar-refractivity contribution is -0.121. The Morgan fingerprint density at radius 3 is 2.86 bits per heavy atom. The average Bonchev–Trinajstić information content (AvgIpc) is 3.15. The van der Waals surface area contributed by atoms with Gasteiger partial charge in [0.15, 0.2) is 0 Å². The van der Waals surface area contributed by atoms with Crippen molar-refractivity contribution < 1.29 is 19.1 Å². The molecule has 0 fully saturated rings. The number of nitrogens with one attached hydrogen (secondary N) is 2. The van der Waals surface area contributed by atoms with Crippen molar-refractivity contribution in [3.63, 3.8) is 0 Å².